The van der Waals surface area contributed by atoms with Crippen molar-refractivity contribution in [3.05, 3.63) is 0 Å². The lowest BCUT2D eigenvalue weighted by Crippen LogP contribution is -2.25. The van der Waals surface area contributed by atoms with E-state index < -0.39 is 0 Å². The average molecular weight is 177 g/mol. The van der Waals surface area contributed by atoms with Gasteiger partial charge < -0.3 is 0 Å². The molecule has 0 aromatic heterocycles. The van der Waals surface area contributed by atoms with Gasteiger partial charge in [-0.2, -0.15) is 0 Å². The Morgan fingerprint density at radius 3 is 2.20 bits per heavy atom. The van der Waals surface area contributed by atoms with Crippen LogP contribution in [0.3, 0.4) is 0 Å². The molecule has 1 aliphatic carbocycles. The largest absolute Gasteiger partial charge is 0.477 e. The molecule has 1 nitrogen and oxygen atoms in total. The molecule has 0 aromatic rings. The standard InChI is InChI=1S/C7H13OS2/c1-9-7(10-8)5-3-2-4-6-7/h2-6H2,1H3/q+1. The van der Waals surface area contributed by atoms with Crippen LogP contribution in [0.1, 0.15) is 32.1 Å². The zero-order valence-corrected chi connectivity index (χ0v) is 7.89. The van der Waals surface area contributed by atoms with Crippen molar-refractivity contribution in [2.24, 2.45) is 0 Å². The molecular weight excluding hydrogens is 164 g/mol. The van der Waals surface area contributed by atoms with E-state index in [1.54, 1.807) is 11.8 Å². The van der Waals surface area contributed by atoms with E-state index in [9.17, 15) is 4.21 Å². The smallest absolute Gasteiger partial charge is 0.0910 e. The van der Waals surface area contributed by atoms with Gasteiger partial charge in [0.05, 0.1) is 0 Å². The molecule has 0 bridgehead atoms. The summed E-state index contributed by atoms with van der Waals surface area (Å²) in [5, 5.41) is 0. The molecule has 10 heavy (non-hydrogen) atoms. The number of rotatable bonds is 2. The molecule has 0 amide bonds. The summed E-state index contributed by atoms with van der Waals surface area (Å²) in [5.41, 5.74) is 0. The Labute approximate surface area is 70.5 Å². The van der Waals surface area contributed by atoms with Crippen molar-refractivity contribution in [1.82, 2.24) is 0 Å². The number of thioether (sulfide) groups is 1. The van der Waals surface area contributed by atoms with Crippen molar-refractivity contribution in [2.75, 3.05) is 6.26 Å². The Kier molecular flexibility index (Phi) is 3.11. The first-order valence-corrected chi connectivity index (χ1v) is 5.66. The molecule has 1 rings (SSSR count). The van der Waals surface area contributed by atoms with E-state index in [1.807, 2.05) is 0 Å². The monoisotopic (exact) mass is 177 g/mol. The first-order chi connectivity index (χ1) is 4.83. The summed E-state index contributed by atoms with van der Waals surface area (Å²) in [6, 6.07) is 0. The van der Waals surface area contributed by atoms with E-state index >= 15 is 0 Å². The lowest BCUT2D eigenvalue weighted by atomic mass is 10.00. The second-order valence-electron chi connectivity index (χ2n) is 2.76. The van der Waals surface area contributed by atoms with E-state index in [0.29, 0.717) is 0 Å². The van der Waals surface area contributed by atoms with E-state index in [0.717, 1.165) is 24.5 Å². The summed E-state index contributed by atoms with van der Waals surface area (Å²) in [5.74, 6) is 0. The Morgan fingerprint density at radius 1 is 1.30 bits per heavy atom. The maximum absolute atomic E-state index is 10.7. The predicted octanol–water partition coefficient (Wildman–Crippen LogP) is 2.44. The third-order valence-electron chi connectivity index (χ3n) is 2.14. The number of hydrogen-bond donors (Lipinski definition) is 0. The van der Waals surface area contributed by atoms with Gasteiger partial charge in [-0.3, -0.25) is 0 Å². The first kappa shape index (κ1) is 8.47. The molecule has 58 valence electrons. The Balaban J connectivity index is 2.52. The van der Waals surface area contributed by atoms with Gasteiger partial charge in [0.2, 0.25) is 0 Å². The second-order valence-corrected chi connectivity index (χ2v) is 5.16. The summed E-state index contributed by atoms with van der Waals surface area (Å²) in [4.78, 5) is 0. The van der Waals surface area contributed by atoms with Crippen LogP contribution in [-0.4, -0.2) is 10.3 Å². The fourth-order valence-corrected chi connectivity index (χ4v) is 2.84. The lowest BCUT2D eigenvalue weighted by Gasteiger charge is -2.18. The Hall–Kier alpha value is 0.370. The van der Waals surface area contributed by atoms with Gasteiger partial charge in [0.25, 0.3) is 4.08 Å². The minimum Gasteiger partial charge on any atom is -0.0910 e. The van der Waals surface area contributed by atoms with Gasteiger partial charge in [0.15, 0.2) is 0 Å². The van der Waals surface area contributed by atoms with Crippen LogP contribution in [-0.2, 0) is 15.9 Å². The maximum atomic E-state index is 10.7. The summed E-state index contributed by atoms with van der Waals surface area (Å²) in [6.07, 6.45) is 8.09. The zero-order chi connectivity index (χ0) is 7.45. The van der Waals surface area contributed by atoms with Gasteiger partial charge in [-0.1, -0.05) is 18.2 Å². The average Bonchev–Trinajstić information content (AvgIpc) is 2.06. The van der Waals surface area contributed by atoms with Crippen molar-refractivity contribution in [1.29, 1.82) is 0 Å². The third kappa shape index (κ3) is 1.70. The van der Waals surface area contributed by atoms with Crippen molar-refractivity contribution >= 4 is 23.4 Å². The van der Waals surface area contributed by atoms with Crippen molar-refractivity contribution in [3.63, 3.8) is 0 Å². The molecule has 0 aromatic carbocycles. The molecule has 1 fully saturated rings. The minimum atomic E-state index is 0.0399. The molecule has 0 spiro atoms. The van der Waals surface area contributed by atoms with Gasteiger partial charge >= 0.3 is 11.7 Å². The molecule has 3 heteroatoms. The molecular formula is C7H13OS2+. The topological polar surface area (TPSA) is 17.1 Å². The summed E-state index contributed by atoms with van der Waals surface area (Å²) < 4.78 is 10.8. The summed E-state index contributed by atoms with van der Waals surface area (Å²) in [7, 11) is 0. The van der Waals surface area contributed by atoms with Crippen molar-refractivity contribution in [3.8, 4) is 0 Å². The molecule has 1 aliphatic rings. The fraction of sp³-hybridized carbons (Fsp3) is 1.00. The number of hydrogen-bond acceptors (Lipinski definition) is 2. The minimum absolute atomic E-state index is 0.0399. The van der Waals surface area contributed by atoms with Crippen molar-refractivity contribution < 1.29 is 4.21 Å². The fourth-order valence-electron chi connectivity index (χ4n) is 1.41. The molecule has 0 atom stereocenters. The van der Waals surface area contributed by atoms with Crippen LogP contribution in [0.15, 0.2) is 0 Å². The van der Waals surface area contributed by atoms with Crippen molar-refractivity contribution in [2.45, 2.75) is 36.2 Å². The van der Waals surface area contributed by atoms with Crippen LogP contribution in [0.25, 0.3) is 0 Å². The third-order valence-corrected chi connectivity index (χ3v) is 4.71. The van der Waals surface area contributed by atoms with Gasteiger partial charge in [0.1, 0.15) is 0 Å². The van der Waals surface area contributed by atoms with Crippen LogP contribution in [0.4, 0.5) is 0 Å². The highest BCUT2D eigenvalue weighted by atomic mass is 32.2. The first-order valence-electron chi connectivity index (χ1n) is 3.69. The molecule has 0 unspecified atom stereocenters. The molecule has 0 aliphatic heterocycles. The maximum Gasteiger partial charge on any atom is 0.477 e. The van der Waals surface area contributed by atoms with E-state index in [2.05, 4.69) is 6.26 Å². The molecule has 1 saturated carbocycles. The lowest BCUT2D eigenvalue weighted by molar-refractivity contribution is 0.478. The quantitative estimate of drug-likeness (QED) is 0.476. The predicted molar refractivity (Wildman–Crippen MR) is 47.4 cm³/mol. The second kappa shape index (κ2) is 3.67. The van der Waals surface area contributed by atoms with Gasteiger partial charge in [-0.25, -0.2) is 0 Å². The van der Waals surface area contributed by atoms with E-state index in [4.69, 9.17) is 0 Å². The van der Waals surface area contributed by atoms with Crippen LogP contribution >= 0.6 is 11.8 Å². The van der Waals surface area contributed by atoms with Gasteiger partial charge in [0, 0.05) is 17.1 Å². The summed E-state index contributed by atoms with van der Waals surface area (Å²) >= 11 is 2.55. The van der Waals surface area contributed by atoms with E-state index in [-0.39, 0.29) is 4.08 Å². The highest BCUT2D eigenvalue weighted by molar-refractivity contribution is 8.07. The van der Waals surface area contributed by atoms with Gasteiger partial charge in [-0.15, -0.1) is 0 Å². The zero-order valence-electron chi connectivity index (χ0n) is 6.26. The van der Waals surface area contributed by atoms with Crippen LogP contribution in [0.2, 0.25) is 0 Å². The Bertz CT molecular complexity index is 119. The SMILES string of the molecule is CSC1([S+]=O)CCCCC1. The van der Waals surface area contributed by atoms with Crippen LogP contribution < -0.4 is 0 Å². The molecule has 0 heterocycles. The molecule has 0 N–H and O–H groups in total. The Morgan fingerprint density at radius 2 is 1.90 bits per heavy atom. The normalized spacial score (nSPS) is 24.1. The van der Waals surface area contributed by atoms with E-state index in [1.165, 1.54) is 19.3 Å². The highest BCUT2D eigenvalue weighted by Crippen LogP contribution is 2.37. The highest BCUT2D eigenvalue weighted by Gasteiger charge is 2.44. The van der Waals surface area contributed by atoms with Gasteiger partial charge in [-0.05, 0) is 19.1 Å². The molecule has 0 saturated heterocycles. The van der Waals surface area contributed by atoms with Crippen LogP contribution in [0, 0.1) is 0 Å². The summed E-state index contributed by atoms with van der Waals surface area (Å²) in [6.45, 7) is 0. The molecule has 0 radical (unpaired) electrons. The van der Waals surface area contributed by atoms with Crippen LogP contribution in [0.5, 0.6) is 0 Å².